The number of aromatic nitrogens is 2. The van der Waals surface area contributed by atoms with E-state index in [0.717, 1.165) is 16.7 Å². The Hall–Kier alpha value is -4.10. The number of carbonyl (C=O) groups is 3. The van der Waals surface area contributed by atoms with E-state index in [0.29, 0.717) is 34.4 Å². The number of nitrogens with one attached hydrogen (secondary N) is 1. The van der Waals surface area contributed by atoms with Gasteiger partial charge in [0, 0.05) is 46.4 Å². The predicted molar refractivity (Wildman–Crippen MR) is 227 cm³/mol. The number of nitrogens with zero attached hydrogens (tertiary/aromatic N) is 3. The van der Waals surface area contributed by atoms with E-state index in [4.69, 9.17) is 21.1 Å². The summed E-state index contributed by atoms with van der Waals surface area (Å²) in [5, 5.41) is 2.09. The molecule has 21 heteroatoms. The highest BCUT2D eigenvalue weighted by Gasteiger charge is 2.61. The summed E-state index contributed by atoms with van der Waals surface area (Å²) in [6.07, 6.45) is 2.51. The Labute approximate surface area is 375 Å². The first-order valence-corrected chi connectivity index (χ1v) is 21.8. The first kappa shape index (κ1) is 48.9. The van der Waals surface area contributed by atoms with Crippen LogP contribution in [-0.4, -0.2) is 71.9 Å². The summed E-state index contributed by atoms with van der Waals surface area (Å²) in [5.41, 5.74) is -3.99. The Morgan fingerprint density at radius 3 is 2.29 bits per heavy atom. The van der Waals surface area contributed by atoms with Gasteiger partial charge >= 0.3 is 0 Å². The lowest BCUT2D eigenvalue weighted by molar-refractivity contribution is -0.144. The Morgan fingerprint density at radius 2 is 1.71 bits per heavy atom. The molecule has 3 aliphatic rings. The molecule has 4 aromatic rings. The Balaban J connectivity index is 0.00000363. The molecule has 3 fully saturated rings. The number of rotatable bonds is 14. The molecule has 0 bridgehead atoms. The van der Waals surface area contributed by atoms with Crippen molar-refractivity contribution in [2.24, 2.45) is 22.7 Å². The van der Waals surface area contributed by atoms with Gasteiger partial charge in [0.05, 0.1) is 52.8 Å². The normalized spacial score (nSPS) is 21.4. The molecule has 0 radical (unpaired) electrons. The number of benzene rings is 2. The van der Waals surface area contributed by atoms with E-state index in [-0.39, 0.29) is 61.5 Å². The van der Waals surface area contributed by atoms with Gasteiger partial charge in [0.25, 0.3) is 0 Å². The monoisotopic (exact) mass is 966 g/mol. The van der Waals surface area contributed by atoms with E-state index in [1.165, 1.54) is 24.3 Å². The number of halogens is 8. The lowest BCUT2D eigenvalue weighted by atomic mass is 9.77. The number of ketones is 1. The molecule has 0 spiro atoms. The second kappa shape index (κ2) is 18.2. The van der Waals surface area contributed by atoms with E-state index in [9.17, 15) is 44.8 Å². The number of Topliss-reactive ketones (excluding diaryl/α,β-unsaturated/α-hetero) is 1. The molecular weight excluding hydrogens is 926 g/mol. The lowest BCUT2D eigenvalue weighted by Gasteiger charge is -2.35. The molecule has 0 unspecified atom stereocenters. The minimum atomic E-state index is -3.95. The average molecular weight is 968 g/mol. The third-order valence-corrected chi connectivity index (χ3v) is 14.4. The minimum absolute atomic E-state index is 0. The van der Waals surface area contributed by atoms with Crippen molar-refractivity contribution in [3.63, 3.8) is 0 Å². The predicted octanol–water partition coefficient (Wildman–Crippen LogP) is 8.57. The number of amides is 2. The van der Waals surface area contributed by atoms with E-state index in [1.807, 2.05) is 0 Å². The van der Waals surface area contributed by atoms with Crippen LogP contribution in [0, 0.1) is 51.8 Å². The van der Waals surface area contributed by atoms with Crippen molar-refractivity contribution < 1.29 is 54.2 Å². The van der Waals surface area contributed by atoms with Crippen LogP contribution in [-0.2, 0) is 30.8 Å². The van der Waals surface area contributed by atoms with Gasteiger partial charge in [-0.25, -0.2) is 40.3 Å². The second-order valence-corrected chi connectivity index (χ2v) is 19.9. The summed E-state index contributed by atoms with van der Waals surface area (Å²) in [6.45, 7) is 8.91. The van der Waals surface area contributed by atoms with Crippen molar-refractivity contribution in [2.75, 3.05) is 13.7 Å². The van der Waals surface area contributed by atoms with E-state index >= 15 is 0 Å². The lowest BCUT2D eigenvalue weighted by Crippen LogP contribution is -2.48. The number of allylic oxidation sites excluding steroid dienone is 1. The van der Waals surface area contributed by atoms with E-state index < -0.39 is 114 Å². The molecule has 2 amide bonds. The van der Waals surface area contributed by atoms with Crippen LogP contribution in [0.4, 0.5) is 22.0 Å². The van der Waals surface area contributed by atoms with Crippen molar-refractivity contribution in [3.8, 4) is 22.9 Å². The molecule has 2 aliphatic carbocycles. The molecule has 2 aromatic heterocycles. The molecule has 7 rings (SSSR count). The van der Waals surface area contributed by atoms with Gasteiger partial charge in [-0.2, -0.15) is 0 Å². The number of hydrogen-bond donors (Lipinski definition) is 1. The molecule has 11 nitrogen and oxygen atoms in total. The number of pyridine rings is 1. The number of ether oxygens (including phenoxy) is 2. The van der Waals surface area contributed by atoms with Gasteiger partial charge in [0.2, 0.25) is 33.5 Å². The number of methoxy groups -OCH3 is 1. The quantitative estimate of drug-likeness (QED) is 0.0569. The summed E-state index contributed by atoms with van der Waals surface area (Å²) in [7, 11) is -2.47. The summed E-state index contributed by atoms with van der Waals surface area (Å²) in [5.74, 6) is -13.4. The number of fused-ring (bicyclic) bond motifs is 1. The third-order valence-electron chi connectivity index (χ3n) is 11.5. The molecule has 1 saturated heterocycles. The first-order valence-electron chi connectivity index (χ1n) is 19.0. The number of hydrogen-bond acceptors (Lipinski definition) is 10. The maximum Gasteiger partial charge on any atom is 0.240 e. The molecule has 5 atom stereocenters. The van der Waals surface area contributed by atoms with Crippen LogP contribution in [0.25, 0.3) is 22.0 Å². The fourth-order valence-electron chi connectivity index (χ4n) is 7.81. The standard InChI is InChI=1S/C41H40ClF5N4O7S2.2ClH/c1-6-19-14-41(19,39(54)50-60(55,56)22-8-9-22)15-28(52)27-12-21(58-37-24-11-20(42)7-10-23(24)29(57-5)16-48-37)17-51(27)38(53)25(40(2,3)4)13-30-49-26(18-59-30)31-32(43)34(45)36(47)35(46)33(31)44;;/h6-7,10-11,16,18-19,21-22,25,27H,1,8-9,12-15,17H2,2-5H3,(H,50,54);2*1H/t19-,21-,25-,27+,41-;;/m1../s1. The van der Waals surface area contributed by atoms with Crippen molar-refractivity contribution in [3.05, 3.63) is 81.5 Å². The molecule has 2 aromatic carbocycles. The fraction of sp³-hybridized carbons (Fsp3) is 0.439. The largest absolute Gasteiger partial charge is 0.494 e. The van der Waals surface area contributed by atoms with Crippen LogP contribution in [0.3, 0.4) is 0 Å². The number of likely N-dealkylation sites (tertiary alicyclic amines) is 1. The topological polar surface area (TPSA) is 145 Å². The van der Waals surface area contributed by atoms with Crippen LogP contribution in [0.5, 0.6) is 11.6 Å². The zero-order valence-electron chi connectivity index (χ0n) is 33.6. The zero-order chi connectivity index (χ0) is 43.6. The summed E-state index contributed by atoms with van der Waals surface area (Å²) in [4.78, 5) is 53.0. The Kier molecular flexibility index (Phi) is 14.3. The van der Waals surface area contributed by atoms with Crippen molar-refractivity contribution in [1.82, 2.24) is 19.6 Å². The van der Waals surface area contributed by atoms with Crippen LogP contribution < -0.4 is 14.2 Å². The summed E-state index contributed by atoms with van der Waals surface area (Å²) in [6, 6.07) is 3.85. The van der Waals surface area contributed by atoms with Crippen LogP contribution >= 0.6 is 47.8 Å². The maximum absolute atomic E-state index is 14.9. The number of carbonyl (C=O) groups excluding carboxylic acids is 3. The highest BCUT2D eigenvalue weighted by molar-refractivity contribution is 7.90. The second-order valence-electron chi connectivity index (χ2n) is 16.5. The number of sulfonamides is 1. The van der Waals surface area contributed by atoms with Gasteiger partial charge in [-0.3, -0.25) is 19.1 Å². The summed E-state index contributed by atoms with van der Waals surface area (Å²) < 4.78 is 111. The minimum Gasteiger partial charge on any atom is -0.494 e. The van der Waals surface area contributed by atoms with Gasteiger partial charge in [-0.15, -0.1) is 42.7 Å². The smallest absolute Gasteiger partial charge is 0.240 e. The highest BCUT2D eigenvalue weighted by atomic mass is 35.5. The van der Waals surface area contributed by atoms with Gasteiger partial charge in [0.1, 0.15) is 11.9 Å². The SMILES string of the molecule is C=C[C@@H]1C[C@]1(CC(=O)[C@@H]1C[C@@H](Oc2ncc(OC)c3ccc(Cl)cc23)CN1C(=O)[C@@H](Cc1nc(-c2c(F)c(F)c(F)c(F)c2F)cs1)C(C)(C)C)C(=O)NS(=O)(=O)C1CC1.Cl.Cl. The number of thiazole rings is 1. The molecule has 1 N–H and O–H groups in total. The van der Waals surface area contributed by atoms with Gasteiger partial charge < -0.3 is 14.4 Å². The molecule has 336 valence electrons. The molecule has 3 heterocycles. The van der Waals surface area contributed by atoms with E-state index in [2.05, 4.69) is 21.3 Å². The van der Waals surface area contributed by atoms with E-state index in [1.54, 1.807) is 39.0 Å². The van der Waals surface area contributed by atoms with Crippen LogP contribution in [0.2, 0.25) is 5.02 Å². The molecule has 2 saturated carbocycles. The first-order chi connectivity index (χ1) is 28.2. The maximum atomic E-state index is 14.9. The fourth-order valence-corrected chi connectivity index (χ4v) is 10.2. The third kappa shape index (κ3) is 9.26. The van der Waals surface area contributed by atoms with Crippen LogP contribution in [0.15, 0.2) is 42.4 Å². The molecular formula is C41H42Cl3F5N4O7S2. The Bertz CT molecular complexity index is 2530. The molecule has 62 heavy (non-hydrogen) atoms. The van der Waals surface area contributed by atoms with Crippen molar-refractivity contribution in [2.45, 2.75) is 76.7 Å². The van der Waals surface area contributed by atoms with Gasteiger partial charge in [-0.05, 0) is 48.8 Å². The average Bonchev–Trinajstić information content (AvgIpc) is 4.09. The van der Waals surface area contributed by atoms with Crippen molar-refractivity contribution >= 4 is 86.1 Å². The van der Waals surface area contributed by atoms with Gasteiger partial charge in [-0.1, -0.05) is 38.4 Å². The summed E-state index contributed by atoms with van der Waals surface area (Å²) >= 11 is 7.19. The van der Waals surface area contributed by atoms with Crippen LogP contribution in [0.1, 0.15) is 57.9 Å². The molecule has 1 aliphatic heterocycles. The Morgan fingerprint density at radius 1 is 1.06 bits per heavy atom. The zero-order valence-corrected chi connectivity index (χ0v) is 37.6. The van der Waals surface area contributed by atoms with Gasteiger partial charge in [0.15, 0.2) is 29.1 Å². The highest BCUT2D eigenvalue weighted by Crippen LogP contribution is 2.57. The van der Waals surface area contributed by atoms with Crippen molar-refractivity contribution in [1.29, 1.82) is 0 Å².